The Bertz CT molecular complexity index is 141. The summed E-state index contributed by atoms with van der Waals surface area (Å²) < 4.78 is 21.2. The summed E-state index contributed by atoms with van der Waals surface area (Å²) in [7, 11) is -3.10. The van der Waals surface area contributed by atoms with Gasteiger partial charge < -0.3 is 8.43 Å². The third-order valence-corrected chi connectivity index (χ3v) is 8.59. The van der Waals surface area contributed by atoms with Crippen molar-refractivity contribution in [2.75, 3.05) is 0 Å². The Balaban J connectivity index is 2.46. The van der Waals surface area contributed by atoms with Crippen LogP contribution in [0.1, 0.15) is 20.3 Å². The van der Waals surface area contributed by atoms with Gasteiger partial charge in [0.25, 0.3) is 8.25 Å². The zero-order valence-electron chi connectivity index (χ0n) is 6.35. The third kappa shape index (κ3) is 2.03. The van der Waals surface area contributed by atoms with Crippen LogP contribution in [-0.4, -0.2) is 19.5 Å². The van der Waals surface area contributed by atoms with Crippen LogP contribution in [0.25, 0.3) is 0 Å². The summed E-state index contributed by atoms with van der Waals surface area (Å²) in [5, 5.41) is 0. The molecule has 0 atom stereocenters. The smallest absolute Gasteiger partial charge is 0.298 e. The number of hydrogen-bond acceptors (Lipinski definition) is 3. The van der Waals surface area contributed by atoms with E-state index in [2.05, 4.69) is 13.8 Å². The minimum atomic E-state index is -2.00. The molecule has 0 radical (unpaired) electrons. The van der Waals surface area contributed by atoms with Crippen LogP contribution in [0, 0.1) is 0 Å². The van der Waals surface area contributed by atoms with E-state index in [1.54, 1.807) is 0 Å². The number of hydrogen-bond donors (Lipinski definition) is 0. The largest absolute Gasteiger partial charge is 0.361 e. The van der Waals surface area contributed by atoms with E-state index in [-0.39, 0.29) is 0 Å². The fourth-order valence-electron chi connectivity index (χ4n) is 0.754. The lowest BCUT2D eigenvalue weighted by atomic mass is 10.4. The summed E-state index contributed by atoms with van der Waals surface area (Å²) in [5.41, 5.74) is 0. The van der Waals surface area contributed by atoms with Crippen LogP contribution in [0.3, 0.4) is 0 Å². The summed E-state index contributed by atoms with van der Waals surface area (Å²) in [6.45, 7) is 4.34. The van der Waals surface area contributed by atoms with E-state index < -0.39 is 27.8 Å². The molecule has 0 unspecified atom stereocenters. The molecule has 0 aromatic carbocycles. The van der Waals surface area contributed by atoms with Crippen molar-refractivity contribution in [1.29, 1.82) is 0 Å². The quantitative estimate of drug-likeness (QED) is 0.442. The molecule has 0 amide bonds. The van der Waals surface area contributed by atoms with Gasteiger partial charge in [-0.3, -0.25) is 4.57 Å². The first-order valence-corrected chi connectivity index (χ1v) is 7.25. The van der Waals surface area contributed by atoms with Gasteiger partial charge in [0, 0.05) is 0 Å². The first kappa shape index (κ1) is 8.68. The lowest BCUT2D eigenvalue weighted by molar-refractivity contribution is 0.399. The van der Waals surface area contributed by atoms with Crippen molar-refractivity contribution in [3.8, 4) is 0 Å². The van der Waals surface area contributed by atoms with Crippen molar-refractivity contribution < 1.29 is 13.0 Å². The van der Waals surface area contributed by atoms with Gasteiger partial charge in [-0.15, -0.1) is 0 Å². The first-order chi connectivity index (χ1) is 4.66. The Morgan fingerprint density at radius 3 is 2.40 bits per heavy atom. The van der Waals surface area contributed by atoms with Gasteiger partial charge in [-0.1, -0.05) is 20.3 Å². The SMILES string of the molecule is CCC1(C)[SiH2]O[PH](=O)O[SiH2]1. The monoisotopic (exact) mass is 196 g/mol. The summed E-state index contributed by atoms with van der Waals surface area (Å²) in [5.74, 6) is 0. The molecule has 1 fully saturated rings. The molecule has 1 rings (SSSR count). The Morgan fingerprint density at radius 2 is 2.00 bits per heavy atom. The van der Waals surface area contributed by atoms with Crippen molar-refractivity contribution in [2.45, 2.75) is 24.9 Å². The lowest BCUT2D eigenvalue weighted by Crippen LogP contribution is -2.29. The first-order valence-electron chi connectivity index (χ1n) is 3.46. The maximum atomic E-state index is 10.7. The molecule has 0 aliphatic carbocycles. The predicted molar refractivity (Wildman–Crippen MR) is 46.9 cm³/mol. The molecule has 1 aliphatic rings. The molecule has 0 spiro atoms. The molecule has 0 saturated carbocycles. The van der Waals surface area contributed by atoms with E-state index in [1.165, 1.54) is 0 Å². The predicted octanol–water partition coefficient (Wildman–Crippen LogP) is 0.137. The van der Waals surface area contributed by atoms with Crippen LogP contribution in [0.15, 0.2) is 0 Å². The zero-order chi connectivity index (χ0) is 7.61. The molecule has 10 heavy (non-hydrogen) atoms. The van der Waals surface area contributed by atoms with Crippen molar-refractivity contribution >= 4 is 27.8 Å². The Labute approximate surface area is 66.3 Å². The van der Waals surface area contributed by atoms with Crippen molar-refractivity contribution in [1.82, 2.24) is 0 Å². The third-order valence-electron chi connectivity index (χ3n) is 1.93. The van der Waals surface area contributed by atoms with Crippen LogP contribution in [0.2, 0.25) is 4.66 Å². The van der Waals surface area contributed by atoms with E-state index in [4.69, 9.17) is 8.43 Å². The van der Waals surface area contributed by atoms with Crippen LogP contribution in [0.5, 0.6) is 0 Å². The minimum absolute atomic E-state index is 0.360. The van der Waals surface area contributed by atoms with E-state index in [0.717, 1.165) is 6.42 Å². The average molecular weight is 196 g/mol. The molecule has 1 aliphatic heterocycles. The van der Waals surface area contributed by atoms with E-state index >= 15 is 0 Å². The molecule has 1 heterocycles. The average Bonchev–Trinajstić information content (AvgIpc) is 1.96. The highest BCUT2D eigenvalue weighted by Gasteiger charge is 2.30. The summed E-state index contributed by atoms with van der Waals surface area (Å²) >= 11 is 0. The summed E-state index contributed by atoms with van der Waals surface area (Å²) in [6, 6.07) is 0. The second-order valence-electron chi connectivity index (χ2n) is 2.99. The topological polar surface area (TPSA) is 35.5 Å². The van der Waals surface area contributed by atoms with Crippen molar-refractivity contribution in [2.24, 2.45) is 0 Å². The second kappa shape index (κ2) is 3.32. The second-order valence-corrected chi connectivity index (χ2v) is 10.8. The number of rotatable bonds is 1. The van der Waals surface area contributed by atoms with Crippen LogP contribution in [-0.2, 0) is 13.0 Å². The van der Waals surface area contributed by atoms with Gasteiger partial charge in [0.1, 0.15) is 0 Å². The molecular formula is C4H13O3PSi2. The Kier molecular flexibility index (Phi) is 2.88. The molecule has 0 aromatic heterocycles. The van der Waals surface area contributed by atoms with E-state index in [1.807, 2.05) is 0 Å². The molecule has 60 valence electrons. The highest BCUT2D eigenvalue weighted by molar-refractivity contribution is 7.37. The highest BCUT2D eigenvalue weighted by atomic mass is 31.1. The maximum absolute atomic E-state index is 10.7. The molecule has 6 heteroatoms. The van der Waals surface area contributed by atoms with Gasteiger partial charge in [0.2, 0.25) is 0 Å². The van der Waals surface area contributed by atoms with Gasteiger partial charge in [-0.05, 0) is 4.66 Å². The van der Waals surface area contributed by atoms with Crippen LogP contribution < -0.4 is 0 Å². The van der Waals surface area contributed by atoms with Crippen molar-refractivity contribution in [3.63, 3.8) is 0 Å². The van der Waals surface area contributed by atoms with E-state index in [9.17, 15) is 4.57 Å². The van der Waals surface area contributed by atoms with Gasteiger partial charge in [-0.2, -0.15) is 0 Å². The zero-order valence-corrected chi connectivity index (χ0v) is 10.2. The molecule has 1 saturated heterocycles. The van der Waals surface area contributed by atoms with Gasteiger partial charge >= 0.3 is 0 Å². The lowest BCUT2D eigenvalue weighted by Gasteiger charge is -2.30. The molecule has 0 bridgehead atoms. The Morgan fingerprint density at radius 1 is 1.50 bits per heavy atom. The normalized spacial score (nSPS) is 46.4. The highest BCUT2D eigenvalue weighted by Crippen LogP contribution is 2.39. The molecule has 0 aromatic rings. The minimum Gasteiger partial charge on any atom is -0.361 e. The van der Waals surface area contributed by atoms with Crippen LogP contribution in [0.4, 0.5) is 0 Å². The molecule has 3 nitrogen and oxygen atoms in total. The molecule has 0 N–H and O–H groups in total. The van der Waals surface area contributed by atoms with Crippen molar-refractivity contribution in [3.05, 3.63) is 0 Å². The fourth-order valence-corrected chi connectivity index (χ4v) is 8.15. The van der Waals surface area contributed by atoms with E-state index in [0.29, 0.717) is 4.66 Å². The Hall–Kier alpha value is 0.584. The van der Waals surface area contributed by atoms with Gasteiger partial charge in [-0.25, -0.2) is 0 Å². The van der Waals surface area contributed by atoms with Gasteiger partial charge in [0.05, 0.1) is 0 Å². The van der Waals surface area contributed by atoms with Crippen LogP contribution >= 0.6 is 8.25 Å². The standard InChI is InChI=1S/C4H13O3PSi2/c1-3-4(2)9-6-8(5)7-10-4/h8H,3,9-10H2,1-2H3. The maximum Gasteiger partial charge on any atom is 0.298 e. The fraction of sp³-hybridized carbons (Fsp3) is 1.00. The van der Waals surface area contributed by atoms with Gasteiger partial charge in [0.15, 0.2) is 19.5 Å². The molecular weight excluding hydrogens is 183 g/mol. The summed E-state index contributed by atoms with van der Waals surface area (Å²) in [6.07, 6.45) is 1.13. The summed E-state index contributed by atoms with van der Waals surface area (Å²) in [4.78, 5) is 0.